The van der Waals surface area contributed by atoms with Gasteiger partial charge in [0.1, 0.15) is 5.69 Å². The van der Waals surface area contributed by atoms with E-state index in [1.165, 1.54) is 6.07 Å². The van der Waals surface area contributed by atoms with Crippen LogP contribution >= 0.6 is 0 Å². The molecule has 0 atom stereocenters. The van der Waals surface area contributed by atoms with E-state index in [-0.39, 0.29) is 5.56 Å². The van der Waals surface area contributed by atoms with E-state index in [1.807, 2.05) is 18.2 Å². The summed E-state index contributed by atoms with van der Waals surface area (Å²) in [6.45, 7) is 0.591. The second kappa shape index (κ2) is 5.36. The number of H-pyrrole nitrogens is 1. The highest BCUT2D eigenvalue weighted by molar-refractivity contribution is 5.47. The molecule has 0 saturated heterocycles. The number of aromatic amines is 1. The lowest BCUT2D eigenvalue weighted by molar-refractivity contribution is 0.804. The average Bonchev–Trinajstić information content (AvgIpc) is 2.37. The lowest BCUT2D eigenvalue weighted by Gasteiger charge is -2.02. The second-order valence-electron chi connectivity index (χ2n) is 3.69. The molecule has 0 aliphatic rings. The molecule has 0 bridgehead atoms. The van der Waals surface area contributed by atoms with E-state index in [4.69, 9.17) is 5.73 Å². The van der Waals surface area contributed by atoms with Gasteiger partial charge < -0.3 is 10.7 Å². The number of nitrogens with two attached hydrogens (primary N) is 1. The van der Waals surface area contributed by atoms with Crippen LogP contribution in [0.5, 0.6) is 0 Å². The second-order valence-corrected chi connectivity index (χ2v) is 3.69. The fourth-order valence-electron chi connectivity index (χ4n) is 1.54. The van der Waals surface area contributed by atoms with E-state index in [2.05, 4.69) is 15.0 Å². The van der Waals surface area contributed by atoms with Crippen molar-refractivity contribution in [1.29, 1.82) is 0 Å². The quantitative estimate of drug-likeness (QED) is 0.810. The molecule has 0 unspecified atom stereocenters. The largest absolute Gasteiger partial charge is 0.330 e. The molecule has 0 fully saturated rings. The van der Waals surface area contributed by atoms with Gasteiger partial charge in [-0.15, -0.1) is 0 Å². The van der Waals surface area contributed by atoms with Gasteiger partial charge in [-0.2, -0.15) is 0 Å². The summed E-state index contributed by atoms with van der Waals surface area (Å²) < 4.78 is 0. The van der Waals surface area contributed by atoms with Crippen molar-refractivity contribution in [2.45, 2.75) is 12.8 Å². The van der Waals surface area contributed by atoms with Crippen LogP contribution in [0.25, 0.3) is 11.5 Å². The van der Waals surface area contributed by atoms with Crippen LogP contribution in [0.1, 0.15) is 12.1 Å². The molecule has 5 nitrogen and oxygen atoms in total. The van der Waals surface area contributed by atoms with Gasteiger partial charge in [-0.25, -0.2) is 4.98 Å². The Morgan fingerprint density at radius 1 is 1.35 bits per heavy atom. The van der Waals surface area contributed by atoms with E-state index >= 15 is 0 Å². The van der Waals surface area contributed by atoms with Crippen molar-refractivity contribution < 1.29 is 0 Å². The first-order valence-corrected chi connectivity index (χ1v) is 5.51. The highest BCUT2D eigenvalue weighted by Crippen LogP contribution is 2.09. The summed E-state index contributed by atoms with van der Waals surface area (Å²) in [6, 6.07) is 6.99. The minimum atomic E-state index is -0.160. The van der Waals surface area contributed by atoms with Gasteiger partial charge in [0, 0.05) is 18.0 Å². The van der Waals surface area contributed by atoms with Gasteiger partial charge >= 0.3 is 0 Å². The first kappa shape index (κ1) is 11.5. The Balaban J connectivity index is 2.35. The van der Waals surface area contributed by atoms with Crippen molar-refractivity contribution in [3.05, 3.63) is 46.5 Å². The van der Waals surface area contributed by atoms with E-state index in [0.29, 0.717) is 24.5 Å². The SMILES string of the molecule is NCCCc1cc(=O)[nH]c(-c2ccccn2)n1. The number of hydrogen-bond acceptors (Lipinski definition) is 4. The van der Waals surface area contributed by atoms with E-state index < -0.39 is 0 Å². The fourth-order valence-corrected chi connectivity index (χ4v) is 1.54. The van der Waals surface area contributed by atoms with E-state index in [0.717, 1.165) is 12.1 Å². The molecule has 0 spiro atoms. The lowest BCUT2D eigenvalue weighted by atomic mass is 10.2. The summed E-state index contributed by atoms with van der Waals surface area (Å²) in [5.41, 5.74) is 6.69. The number of hydrogen-bond donors (Lipinski definition) is 2. The summed E-state index contributed by atoms with van der Waals surface area (Å²) in [7, 11) is 0. The molecule has 17 heavy (non-hydrogen) atoms. The molecule has 2 heterocycles. The van der Waals surface area contributed by atoms with Gasteiger partial charge in [-0.3, -0.25) is 9.78 Å². The first-order valence-electron chi connectivity index (χ1n) is 5.51. The van der Waals surface area contributed by atoms with Crippen molar-refractivity contribution in [3.8, 4) is 11.5 Å². The number of rotatable bonds is 4. The smallest absolute Gasteiger partial charge is 0.251 e. The van der Waals surface area contributed by atoms with Crippen LogP contribution in [0.4, 0.5) is 0 Å². The lowest BCUT2D eigenvalue weighted by Crippen LogP contribution is -2.12. The maximum absolute atomic E-state index is 11.5. The molecule has 2 rings (SSSR count). The Labute approximate surface area is 98.7 Å². The maximum Gasteiger partial charge on any atom is 0.251 e. The Morgan fingerprint density at radius 3 is 2.94 bits per heavy atom. The number of nitrogens with one attached hydrogen (secondary N) is 1. The third-order valence-corrected chi connectivity index (χ3v) is 2.34. The zero-order valence-corrected chi connectivity index (χ0v) is 9.39. The number of aromatic nitrogens is 3. The molecule has 3 N–H and O–H groups in total. The molecular weight excluding hydrogens is 216 g/mol. The van der Waals surface area contributed by atoms with Crippen LogP contribution in [0.2, 0.25) is 0 Å². The molecule has 0 saturated carbocycles. The van der Waals surface area contributed by atoms with Gasteiger partial charge in [0.25, 0.3) is 5.56 Å². The molecule has 5 heteroatoms. The minimum absolute atomic E-state index is 0.160. The van der Waals surface area contributed by atoms with Crippen molar-refractivity contribution in [2.24, 2.45) is 5.73 Å². The van der Waals surface area contributed by atoms with Crippen molar-refractivity contribution in [2.75, 3.05) is 6.54 Å². The number of pyridine rings is 1. The molecule has 0 aliphatic heterocycles. The Hall–Kier alpha value is -2.01. The third kappa shape index (κ3) is 2.98. The van der Waals surface area contributed by atoms with E-state index in [9.17, 15) is 4.79 Å². The Kier molecular flexibility index (Phi) is 3.62. The molecule has 88 valence electrons. The monoisotopic (exact) mass is 230 g/mol. The number of nitrogens with zero attached hydrogens (tertiary/aromatic N) is 2. The predicted molar refractivity (Wildman–Crippen MR) is 65.5 cm³/mol. The van der Waals surface area contributed by atoms with Crippen LogP contribution < -0.4 is 11.3 Å². The molecule has 0 aliphatic carbocycles. The van der Waals surface area contributed by atoms with Gasteiger partial charge in [-0.05, 0) is 31.5 Å². The van der Waals surface area contributed by atoms with Crippen molar-refractivity contribution in [3.63, 3.8) is 0 Å². The van der Waals surface area contributed by atoms with Gasteiger partial charge in [0.2, 0.25) is 0 Å². The van der Waals surface area contributed by atoms with E-state index in [1.54, 1.807) is 6.20 Å². The van der Waals surface area contributed by atoms with Crippen molar-refractivity contribution >= 4 is 0 Å². The van der Waals surface area contributed by atoms with Gasteiger partial charge in [-0.1, -0.05) is 6.07 Å². The molecule has 0 radical (unpaired) electrons. The average molecular weight is 230 g/mol. The summed E-state index contributed by atoms with van der Waals surface area (Å²) >= 11 is 0. The third-order valence-electron chi connectivity index (χ3n) is 2.34. The topological polar surface area (TPSA) is 84.7 Å². The summed E-state index contributed by atoms with van der Waals surface area (Å²) in [6.07, 6.45) is 3.19. The standard InChI is InChI=1S/C12H14N4O/c13-6-3-4-9-8-11(17)16-12(15-9)10-5-1-2-7-14-10/h1-2,5,7-8H,3-4,6,13H2,(H,15,16,17). The Bertz CT molecular complexity index is 536. The summed E-state index contributed by atoms with van der Waals surface area (Å²) in [5.74, 6) is 0.505. The van der Waals surface area contributed by atoms with Crippen LogP contribution in [0.15, 0.2) is 35.3 Å². The van der Waals surface area contributed by atoms with Crippen LogP contribution in [0.3, 0.4) is 0 Å². The summed E-state index contributed by atoms with van der Waals surface area (Å²) in [5, 5.41) is 0. The first-order chi connectivity index (χ1) is 8.29. The highest BCUT2D eigenvalue weighted by Gasteiger charge is 2.04. The molecule has 2 aromatic rings. The van der Waals surface area contributed by atoms with Crippen LogP contribution in [0, 0.1) is 0 Å². The molecule has 0 amide bonds. The minimum Gasteiger partial charge on any atom is -0.330 e. The normalized spacial score (nSPS) is 10.4. The predicted octanol–water partition coefficient (Wildman–Crippen LogP) is 0.723. The summed E-state index contributed by atoms with van der Waals surface area (Å²) in [4.78, 5) is 22.7. The van der Waals surface area contributed by atoms with Crippen molar-refractivity contribution in [1.82, 2.24) is 15.0 Å². The molecule has 2 aromatic heterocycles. The van der Waals surface area contributed by atoms with Crippen LogP contribution in [-0.4, -0.2) is 21.5 Å². The van der Waals surface area contributed by atoms with Crippen LogP contribution in [-0.2, 0) is 6.42 Å². The Morgan fingerprint density at radius 2 is 2.24 bits per heavy atom. The molecule has 0 aromatic carbocycles. The highest BCUT2D eigenvalue weighted by atomic mass is 16.1. The number of aryl methyl sites for hydroxylation is 1. The van der Waals surface area contributed by atoms with Gasteiger partial charge in [0.05, 0.1) is 0 Å². The fraction of sp³-hybridized carbons (Fsp3) is 0.250. The zero-order chi connectivity index (χ0) is 12.1. The maximum atomic E-state index is 11.5. The molecular formula is C12H14N4O. The van der Waals surface area contributed by atoms with Gasteiger partial charge in [0.15, 0.2) is 5.82 Å². The zero-order valence-electron chi connectivity index (χ0n) is 9.39.